The highest BCUT2D eigenvalue weighted by atomic mass is 32.1. The SMILES string of the molecule is Cc1ccc2c(c1)C(C)Oc1cc(cnc1N)-c1c(C#N)ncn1Cc1scnc1-2. The van der Waals surface area contributed by atoms with Gasteiger partial charge in [-0.05, 0) is 19.9 Å². The number of aryl methyl sites for hydroxylation is 1. The van der Waals surface area contributed by atoms with E-state index in [4.69, 9.17) is 10.5 Å². The van der Waals surface area contributed by atoms with Crippen molar-refractivity contribution in [1.82, 2.24) is 19.5 Å². The maximum absolute atomic E-state index is 9.60. The Balaban J connectivity index is 1.81. The fraction of sp³-hybridized carbons (Fsp3) is 0.182. The van der Waals surface area contributed by atoms with E-state index in [-0.39, 0.29) is 6.10 Å². The summed E-state index contributed by atoms with van der Waals surface area (Å²) in [4.78, 5) is 14.4. The summed E-state index contributed by atoms with van der Waals surface area (Å²) in [5, 5.41) is 9.60. The number of nitrogens with zero attached hydrogens (tertiary/aromatic N) is 5. The third kappa shape index (κ3) is 2.91. The van der Waals surface area contributed by atoms with E-state index in [0.717, 1.165) is 32.8 Å². The smallest absolute Gasteiger partial charge is 0.166 e. The highest BCUT2D eigenvalue weighted by molar-refractivity contribution is 7.10. The molecule has 1 atom stereocenters. The number of pyridine rings is 1. The zero-order valence-electron chi connectivity index (χ0n) is 16.5. The van der Waals surface area contributed by atoms with Crippen molar-refractivity contribution in [3.8, 4) is 34.3 Å². The lowest BCUT2D eigenvalue weighted by Gasteiger charge is -2.21. The summed E-state index contributed by atoms with van der Waals surface area (Å²) in [5.41, 5.74) is 13.8. The minimum atomic E-state index is -0.270. The van der Waals surface area contributed by atoms with Crippen molar-refractivity contribution >= 4 is 17.2 Å². The second-order valence-electron chi connectivity index (χ2n) is 7.26. The Morgan fingerprint density at radius 2 is 2.13 bits per heavy atom. The number of nitrogens with two attached hydrogens (primary N) is 1. The number of ether oxygens (including phenoxy) is 1. The predicted octanol–water partition coefficient (Wildman–Crippen LogP) is 4.33. The molecule has 2 bridgehead atoms. The van der Waals surface area contributed by atoms with Crippen molar-refractivity contribution in [2.45, 2.75) is 26.5 Å². The van der Waals surface area contributed by atoms with E-state index in [1.54, 1.807) is 23.9 Å². The summed E-state index contributed by atoms with van der Waals surface area (Å²) in [6.45, 7) is 4.60. The Kier molecular flexibility index (Phi) is 4.26. The molecule has 1 aliphatic rings. The molecule has 3 aromatic heterocycles. The van der Waals surface area contributed by atoms with Gasteiger partial charge < -0.3 is 15.0 Å². The van der Waals surface area contributed by atoms with E-state index < -0.39 is 0 Å². The number of hydrogen-bond acceptors (Lipinski definition) is 7. The van der Waals surface area contributed by atoms with E-state index in [1.165, 1.54) is 0 Å². The quantitative estimate of drug-likeness (QED) is 0.459. The molecule has 0 amide bonds. The summed E-state index contributed by atoms with van der Waals surface area (Å²) < 4.78 is 8.22. The Morgan fingerprint density at radius 3 is 2.97 bits per heavy atom. The number of nitriles is 1. The molecule has 4 aromatic rings. The van der Waals surface area contributed by atoms with Crippen LogP contribution in [0.4, 0.5) is 5.82 Å². The molecule has 2 N–H and O–H groups in total. The lowest BCUT2D eigenvalue weighted by atomic mass is 9.97. The van der Waals surface area contributed by atoms with Crippen LogP contribution in [0.3, 0.4) is 0 Å². The van der Waals surface area contributed by atoms with Gasteiger partial charge in [0.1, 0.15) is 12.2 Å². The standard InChI is InChI=1S/C22H18N6OS/c1-12-3-4-15-16(5-12)13(2)29-18-6-14(8-25-22(18)24)21-17(7-23)26-10-28(21)9-19-20(15)27-11-30-19/h3-6,8,10-11,13H,9H2,1-2H3,(H2,24,25). The Bertz CT molecular complexity index is 1320. The van der Waals surface area contributed by atoms with Crippen molar-refractivity contribution in [2.24, 2.45) is 0 Å². The highest BCUT2D eigenvalue weighted by Gasteiger charge is 2.23. The van der Waals surface area contributed by atoms with E-state index in [2.05, 4.69) is 46.1 Å². The second kappa shape index (κ2) is 6.97. The Labute approximate surface area is 177 Å². The number of aromatic nitrogens is 4. The number of nitrogen functional groups attached to an aromatic ring is 1. The molecule has 0 fully saturated rings. The molecule has 1 aromatic carbocycles. The van der Waals surface area contributed by atoms with E-state index in [9.17, 15) is 5.26 Å². The highest BCUT2D eigenvalue weighted by Crippen LogP contribution is 2.38. The van der Waals surface area contributed by atoms with Gasteiger partial charge in [0, 0.05) is 22.9 Å². The van der Waals surface area contributed by atoms with Crippen LogP contribution in [0, 0.1) is 18.3 Å². The second-order valence-corrected chi connectivity index (χ2v) is 8.20. The number of fused-ring (bicyclic) bond motifs is 7. The number of thiazole rings is 1. The molecule has 0 spiro atoms. The molecule has 0 saturated carbocycles. The van der Waals surface area contributed by atoms with Gasteiger partial charge in [-0.2, -0.15) is 5.26 Å². The predicted molar refractivity (Wildman–Crippen MR) is 115 cm³/mol. The molecular weight excluding hydrogens is 396 g/mol. The minimum Gasteiger partial charge on any atom is -0.482 e. The molecule has 0 radical (unpaired) electrons. The molecule has 7 nitrogen and oxygen atoms in total. The van der Waals surface area contributed by atoms with Gasteiger partial charge in [-0.1, -0.05) is 23.8 Å². The average Bonchev–Trinajstić information content (AvgIpc) is 3.36. The van der Waals surface area contributed by atoms with Gasteiger partial charge in [0.05, 0.1) is 34.6 Å². The summed E-state index contributed by atoms with van der Waals surface area (Å²) >= 11 is 1.58. The van der Waals surface area contributed by atoms with Crippen LogP contribution in [-0.2, 0) is 6.54 Å². The van der Waals surface area contributed by atoms with Crippen LogP contribution in [0.5, 0.6) is 5.75 Å². The van der Waals surface area contributed by atoms with Crippen molar-refractivity contribution in [3.63, 3.8) is 0 Å². The van der Waals surface area contributed by atoms with Gasteiger partial charge in [0.25, 0.3) is 0 Å². The summed E-state index contributed by atoms with van der Waals surface area (Å²) in [7, 11) is 0. The lowest BCUT2D eigenvalue weighted by Crippen LogP contribution is -2.10. The minimum absolute atomic E-state index is 0.270. The van der Waals surface area contributed by atoms with Crippen molar-refractivity contribution < 1.29 is 4.74 Å². The molecule has 0 saturated heterocycles. The van der Waals surface area contributed by atoms with Gasteiger partial charge in [-0.3, -0.25) is 0 Å². The van der Waals surface area contributed by atoms with Crippen LogP contribution in [0.25, 0.3) is 22.5 Å². The molecule has 0 aliphatic carbocycles. The normalized spacial score (nSPS) is 14.9. The van der Waals surface area contributed by atoms with Crippen LogP contribution in [0.15, 0.2) is 42.3 Å². The van der Waals surface area contributed by atoms with Crippen LogP contribution in [0.2, 0.25) is 0 Å². The maximum atomic E-state index is 9.60. The zero-order valence-corrected chi connectivity index (χ0v) is 17.3. The third-order valence-electron chi connectivity index (χ3n) is 5.26. The first-order chi connectivity index (χ1) is 14.5. The number of benzene rings is 1. The third-order valence-corrected chi connectivity index (χ3v) is 6.08. The number of hydrogen-bond donors (Lipinski definition) is 1. The average molecular weight is 414 g/mol. The van der Waals surface area contributed by atoms with E-state index in [0.29, 0.717) is 29.5 Å². The largest absolute Gasteiger partial charge is 0.482 e. The van der Waals surface area contributed by atoms with Crippen LogP contribution in [0.1, 0.15) is 34.7 Å². The summed E-state index contributed by atoms with van der Waals surface area (Å²) in [6, 6.07) is 10.3. The number of imidazole rings is 1. The monoisotopic (exact) mass is 414 g/mol. The van der Waals surface area contributed by atoms with E-state index in [1.807, 2.05) is 23.1 Å². The lowest BCUT2D eigenvalue weighted by molar-refractivity contribution is 0.228. The zero-order chi connectivity index (χ0) is 20.8. The van der Waals surface area contributed by atoms with Gasteiger partial charge in [-0.15, -0.1) is 11.3 Å². The fourth-order valence-electron chi connectivity index (χ4n) is 3.81. The molecule has 4 heterocycles. The first-order valence-corrected chi connectivity index (χ1v) is 10.3. The van der Waals surface area contributed by atoms with Gasteiger partial charge in [-0.25, -0.2) is 15.0 Å². The fourth-order valence-corrected chi connectivity index (χ4v) is 4.58. The van der Waals surface area contributed by atoms with Gasteiger partial charge >= 0.3 is 0 Å². The van der Waals surface area contributed by atoms with Crippen molar-refractivity contribution in [1.29, 1.82) is 5.26 Å². The van der Waals surface area contributed by atoms with Crippen molar-refractivity contribution in [3.05, 3.63) is 64.0 Å². The molecule has 8 heteroatoms. The molecule has 1 unspecified atom stereocenters. The van der Waals surface area contributed by atoms with Crippen LogP contribution >= 0.6 is 11.3 Å². The summed E-state index contributed by atoms with van der Waals surface area (Å²) in [5.74, 6) is 0.777. The van der Waals surface area contributed by atoms with Gasteiger partial charge in [0.15, 0.2) is 17.3 Å². The van der Waals surface area contributed by atoms with Crippen molar-refractivity contribution in [2.75, 3.05) is 5.73 Å². The molecule has 30 heavy (non-hydrogen) atoms. The molecular formula is C22H18N6OS. The number of anilines is 1. The Hall–Kier alpha value is -3.70. The molecule has 148 valence electrons. The van der Waals surface area contributed by atoms with Gasteiger partial charge in [0.2, 0.25) is 0 Å². The van der Waals surface area contributed by atoms with Crippen LogP contribution in [-0.4, -0.2) is 19.5 Å². The first-order valence-electron chi connectivity index (χ1n) is 9.46. The maximum Gasteiger partial charge on any atom is 0.166 e. The topological polar surface area (TPSA) is 103 Å². The Morgan fingerprint density at radius 1 is 1.27 bits per heavy atom. The number of rotatable bonds is 0. The molecule has 5 rings (SSSR count). The first kappa shape index (κ1) is 18.3. The van der Waals surface area contributed by atoms with Crippen LogP contribution < -0.4 is 10.5 Å². The summed E-state index contributed by atoms with van der Waals surface area (Å²) in [6.07, 6.45) is 3.06. The van der Waals surface area contributed by atoms with E-state index >= 15 is 0 Å². The molecule has 1 aliphatic heterocycles.